The standard InChI is InChI=1S/C14H23N3O4/c1-14(2,3)21-13(20)16-7-6-10(18)12(19)9-4-5-11(15)17-8-9/h4-5,8,10,12,18-19H,6-7H2,1-3H3,(H2,15,17)(H,16,20). The minimum atomic E-state index is -1.08. The number of nitrogens with zero attached hydrogens (tertiary/aromatic N) is 1. The van der Waals surface area contributed by atoms with Gasteiger partial charge in [0.15, 0.2) is 0 Å². The van der Waals surface area contributed by atoms with Gasteiger partial charge in [-0.2, -0.15) is 0 Å². The van der Waals surface area contributed by atoms with E-state index in [0.29, 0.717) is 11.4 Å². The van der Waals surface area contributed by atoms with Gasteiger partial charge in [0.05, 0.1) is 6.10 Å². The summed E-state index contributed by atoms with van der Waals surface area (Å²) in [6.45, 7) is 5.48. The number of hydrogen-bond donors (Lipinski definition) is 4. The first-order chi connectivity index (χ1) is 9.69. The second-order valence-corrected chi connectivity index (χ2v) is 5.75. The summed E-state index contributed by atoms with van der Waals surface area (Å²) < 4.78 is 5.06. The van der Waals surface area contributed by atoms with Gasteiger partial charge in [-0.15, -0.1) is 0 Å². The van der Waals surface area contributed by atoms with Crippen LogP contribution < -0.4 is 11.1 Å². The number of nitrogens with two attached hydrogens (primary N) is 1. The maximum Gasteiger partial charge on any atom is 0.407 e. The van der Waals surface area contributed by atoms with Gasteiger partial charge in [0.1, 0.15) is 17.5 Å². The van der Waals surface area contributed by atoms with Crippen LogP contribution in [0, 0.1) is 0 Å². The van der Waals surface area contributed by atoms with Crippen molar-refractivity contribution in [3.63, 3.8) is 0 Å². The molecule has 1 aromatic heterocycles. The van der Waals surface area contributed by atoms with Crippen LogP contribution >= 0.6 is 0 Å². The Hall–Kier alpha value is -1.86. The number of pyridine rings is 1. The Morgan fingerprint density at radius 3 is 2.62 bits per heavy atom. The van der Waals surface area contributed by atoms with Crippen molar-refractivity contribution in [1.82, 2.24) is 10.3 Å². The lowest BCUT2D eigenvalue weighted by Gasteiger charge is -2.21. The highest BCUT2D eigenvalue weighted by atomic mass is 16.6. The Bertz CT molecular complexity index is 456. The average Bonchev–Trinajstić information content (AvgIpc) is 2.36. The molecule has 0 bridgehead atoms. The average molecular weight is 297 g/mol. The summed E-state index contributed by atoms with van der Waals surface area (Å²) in [4.78, 5) is 15.3. The van der Waals surface area contributed by atoms with E-state index in [-0.39, 0.29) is 13.0 Å². The third-order valence-electron chi connectivity index (χ3n) is 2.62. The molecule has 0 aliphatic rings. The van der Waals surface area contributed by atoms with Gasteiger partial charge >= 0.3 is 6.09 Å². The number of aliphatic hydroxyl groups excluding tert-OH is 2. The molecule has 2 atom stereocenters. The molecule has 1 rings (SSSR count). The molecule has 0 fully saturated rings. The molecule has 0 aliphatic carbocycles. The van der Waals surface area contributed by atoms with Crippen molar-refractivity contribution in [2.75, 3.05) is 12.3 Å². The predicted octanol–water partition coefficient (Wildman–Crippen LogP) is 0.973. The molecule has 1 heterocycles. The topological polar surface area (TPSA) is 118 Å². The number of nitrogens with one attached hydrogen (secondary N) is 1. The van der Waals surface area contributed by atoms with E-state index in [2.05, 4.69) is 10.3 Å². The SMILES string of the molecule is CC(C)(C)OC(=O)NCCC(O)C(O)c1ccc(N)nc1. The number of aliphatic hydroxyl groups is 2. The van der Waals surface area contributed by atoms with E-state index in [1.807, 2.05) is 0 Å². The Balaban J connectivity index is 2.38. The molecule has 2 unspecified atom stereocenters. The zero-order valence-corrected chi connectivity index (χ0v) is 12.5. The van der Waals surface area contributed by atoms with Gasteiger partial charge in [-0.05, 0) is 33.3 Å². The van der Waals surface area contributed by atoms with E-state index < -0.39 is 23.9 Å². The molecule has 1 amide bonds. The monoisotopic (exact) mass is 297 g/mol. The van der Waals surface area contributed by atoms with Gasteiger partial charge in [0.2, 0.25) is 0 Å². The number of amides is 1. The molecule has 0 aliphatic heterocycles. The molecule has 0 radical (unpaired) electrons. The highest BCUT2D eigenvalue weighted by Crippen LogP contribution is 2.18. The Kier molecular flexibility index (Phi) is 5.92. The summed E-state index contributed by atoms with van der Waals surface area (Å²) in [7, 11) is 0. The van der Waals surface area contributed by atoms with Crippen LogP contribution in [0.1, 0.15) is 38.9 Å². The van der Waals surface area contributed by atoms with Crippen LogP contribution in [0.15, 0.2) is 18.3 Å². The number of carbonyl (C=O) groups excluding carboxylic acids is 1. The first-order valence-electron chi connectivity index (χ1n) is 6.73. The first kappa shape index (κ1) is 17.2. The van der Waals surface area contributed by atoms with Gasteiger partial charge in [-0.3, -0.25) is 0 Å². The lowest BCUT2D eigenvalue weighted by molar-refractivity contribution is 0.0121. The fraction of sp³-hybridized carbons (Fsp3) is 0.571. The van der Waals surface area contributed by atoms with Crippen LogP contribution in [0.25, 0.3) is 0 Å². The fourth-order valence-electron chi connectivity index (χ4n) is 1.61. The number of aromatic nitrogens is 1. The maximum atomic E-state index is 11.4. The number of anilines is 1. The van der Waals surface area contributed by atoms with Crippen LogP contribution in [0.4, 0.5) is 10.6 Å². The van der Waals surface area contributed by atoms with E-state index in [9.17, 15) is 15.0 Å². The lowest BCUT2D eigenvalue weighted by atomic mass is 10.0. The fourth-order valence-corrected chi connectivity index (χ4v) is 1.61. The number of ether oxygens (including phenoxy) is 1. The van der Waals surface area contributed by atoms with Crippen molar-refractivity contribution in [3.8, 4) is 0 Å². The Labute approximate surface area is 124 Å². The summed E-state index contributed by atoms with van der Waals surface area (Å²) in [5.74, 6) is 0.340. The number of nitrogen functional groups attached to an aromatic ring is 1. The van der Waals surface area contributed by atoms with Gasteiger partial charge < -0.3 is 26.0 Å². The van der Waals surface area contributed by atoms with Crippen LogP contribution in [0.2, 0.25) is 0 Å². The van der Waals surface area contributed by atoms with Crippen LogP contribution in [-0.2, 0) is 4.74 Å². The third-order valence-corrected chi connectivity index (χ3v) is 2.62. The molecule has 0 aromatic carbocycles. The minimum Gasteiger partial charge on any atom is -0.444 e. The zero-order chi connectivity index (χ0) is 16.0. The van der Waals surface area contributed by atoms with E-state index in [1.54, 1.807) is 32.9 Å². The molecule has 118 valence electrons. The number of hydrogen-bond acceptors (Lipinski definition) is 6. The van der Waals surface area contributed by atoms with Crippen LogP contribution in [0.5, 0.6) is 0 Å². The highest BCUT2D eigenvalue weighted by Gasteiger charge is 2.20. The molecule has 21 heavy (non-hydrogen) atoms. The quantitative estimate of drug-likeness (QED) is 0.643. The van der Waals surface area contributed by atoms with Gasteiger partial charge in [0, 0.05) is 18.3 Å². The van der Waals surface area contributed by atoms with Crippen LogP contribution in [-0.4, -0.2) is 39.5 Å². The van der Waals surface area contributed by atoms with Crippen molar-refractivity contribution in [1.29, 1.82) is 0 Å². The van der Waals surface area contributed by atoms with Crippen molar-refractivity contribution >= 4 is 11.9 Å². The Morgan fingerprint density at radius 2 is 2.10 bits per heavy atom. The predicted molar refractivity (Wildman–Crippen MR) is 78.5 cm³/mol. The molecule has 1 aromatic rings. The Morgan fingerprint density at radius 1 is 1.43 bits per heavy atom. The molecular formula is C14H23N3O4. The van der Waals surface area contributed by atoms with E-state index in [1.165, 1.54) is 6.20 Å². The third kappa shape index (κ3) is 6.42. The van der Waals surface area contributed by atoms with Gasteiger partial charge in [-0.1, -0.05) is 6.07 Å². The van der Waals surface area contributed by atoms with Crippen molar-refractivity contribution < 1.29 is 19.7 Å². The minimum absolute atomic E-state index is 0.185. The summed E-state index contributed by atoms with van der Waals surface area (Å²) >= 11 is 0. The van der Waals surface area contributed by atoms with E-state index in [0.717, 1.165) is 0 Å². The number of rotatable bonds is 5. The zero-order valence-electron chi connectivity index (χ0n) is 12.5. The highest BCUT2D eigenvalue weighted by molar-refractivity contribution is 5.67. The van der Waals surface area contributed by atoms with E-state index >= 15 is 0 Å². The molecule has 5 N–H and O–H groups in total. The molecule has 0 saturated carbocycles. The smallest absolute Gasteiger partial charge is 0.407 e. The van der Waals surface area contributed by atoms with Gasteiger partial charge in [0.25, 0.3) is 0 Å². The second-order valence-electron chi connectivity index (χ2n) is 5.75. The summed E-state index contributed by atoms with van der Waals surface area (Å²) in [5, 5.41) is 22.4. The largest absolute Gasteiger partial charge is 0.444 e. The summed E-state index contributed by atoms with van der Waals surface area (Å²) in [5.41, 5.74) is 5.35. The first-order valence-corrected chi connectivity index (χ1v) is 6.73. The summed E-state index contributed by atoms with van der Waals surface area (Å²) in [6.07, 6.45) is -1.07. The van der Waals surface area contributed by atoms with Crippen molar-refractivity contribution in [3.05, 3.63) is 23.9 Å². The van der Waals surface area contributed by atoms with E-state index in [4.69, 9.17) is 10.5 Å². The normalized spacial score (nSPS) is 14.3. The second kappa shape index (κ2) is 7.24. The number of alkyl carbamates (subject to hydrolysis) is 1. The molecule has 0 spiro atoms. The lowest BCUT2D eigenvalue weighted by Crippen LogP contribution is -2.34. The molecule has 0 saturated heterocycles. The van der Waals surface area contributed by atoms with Crippen molar-refractivity contribution in [2.45, 2.75) is 45.0 Å². The van der Waals surface area contributed by atoms with Gasteiger partial charge in [-0.25, -0.2) is 9.78 Å². The maximum absolute atomic E-state index is 11.4. The molecule has 7 nitrogen and oxygen atoms in total. The summed E-state index contributed by atoms with van der Waals surface area (Å²) in [6, 6.07) is 3.14. The van der Waals surface area contributed by atoms with Crippen LogP contribution in [0.3, 0.4) is 0 Å². The molecular weight excluding hydrogens is 274 g/mol. The van der Waals surface area contributed by atoms with Crippen molar-refractivity contribution in [2.24, 2.45) is 0 Å². The number of carbonyl (C=O) groups is 1. The molecule has 7 heteroatoms.